The van der Waals surface area contributed by atoms with Crippen molar-refractivity contribution in [1.29, 1.82) is 0 Å². The van der Waals surface area contributed by atoms with Crippen LogP contribution in [0.1, 0.15) is 11.7 Å². The van der Waals surface area contributed by atoms with Gasteiger partial charge in [0.15, 0.2) is 23.3 Å². The molecule has 19 heavy (non-hydrogen) atoms. The normalized spacial score (nSPS) is 23.4. The highest BCUT2D eigenvalue weighted by Crippen LogP contribution is 2.47. The largest absolute Gasteiger partial charge is 0.396 e. The van der Waals surface area contributed by atoms with Crippen LogP contribution in [0, 0.1) is 35.0 Å². The number of benzene rings is 1. The van der Waals surface area contributed by atoms with Crippen LogP contribution in [0.2, 0.25) is 0 Å². The standard InChI is InChI=1S/C10H4F8O/c11-4-3(5(12)7(14)8(15)6(4)13)9-2(1-19-9)10(16,17)18/h2,9H,1H2. The Morgan fingerprint density at radius 2 is 1.21 bits per heavy atom. The van der Waals surface area contributed by atoms with Crippen molar-refractivity contribution in [1.82, 2.24) is 0 Å². The highest BCUT2D eigenvalue weighted by molar-refractivity contribution is 5.28. The summed E-state index contributed by atoms with van der Waals surface area (Å²) in [6.07, 6.45) is -7.09. The molecule has 1 saturated heterocycles. The van der Waals surface area contributed by atoms with Gasteiger partial charge in [0.05, 0.1) is 12.2 Å². The number of hydrogen-bond acceptors (Lipinski definition) is 1. The van der Waals surface area contributed by atoms with Gasteiger partial charge >= 0.3 is 6.18 Å². The molecule has 0 aromatic heterocycles. The van der Waals surface area contributed by atoms with E-state index in [1.54, 1.807) is 0 Å². The van der Waals surface area contributed by atoms with Gasteiger partial charge in [-0.05, 0) is 0 Å². The quantitative estimate of drug-likeness (QED) is 0.436. The van der Waals surface area contributed by atoms with Gasteiger partial charge in [-0.25, -0.2) is 22.0 Å². The zero-order valence-electron chi connectivity index (χ0n) is 8.79. The summed E-state index contributed by atoms with van der Waals surface area (Å²) in [5, 5.41) is 0. The Morgan fingerprint density at radius 1 is 0.789 bits per heavy atom. The Bertz CT molecular complexity index is 494. The fourth-order valence-electron chi connectivity index (χ4n) is 1.71. The van der Waals surface area contributed by atoms with E-state index in [4.69, 9.17) is 0 Å². The predicted octanol–water partition coefficient (Wildman–Crippen LogP) is 3.63. The van der Waals surface area contributed by atoms with Gasteiger partial charge in [0.2, 0.25) is 5.82 Å². The van der Waals surface area contributed by atoms with Gasteiger partial charge < -0.3 is 4.74 Å². The Labute approximate surface area is 100 Å². The van der Waals surface area contributed by atoms with Crippen molar-refractivity contribution < 1.29 is 39.9 Å². The molecule has 1 aromatic rings. The smallest absolute Gasteiger partial charge is 0.372 e. The summed E-state index contributed by atoms with van der Waals surface area (Å²) in [6, 6.07) is 0. The summed E-state index contributed by atoms with van der Waals surface area (Å²) in [4.78, 5) is 0. The van der Waals surface area contributed by atoms with E-state index in [9.17, 15) is 35.1 Å². The maximum atomic E-state index is 13.3. The molecule has 0 radical (unpaired) electrons. The molecule has 0 bridgehead atoms. The highest BCUT2D eigenvalue weighted by atomic mass is 19.4. The van der Waals surface area contributed by atoms with Gasteiger partial charge in [-0.1, -0.05) is 0 Å². The number of hydrogen-bond donors (Lipinski definition) is 0. The van der Waals surface area contributed by atoms with Crippen LogP contribution in [0.25, 0.3) is 0 Å². The zero-order valence-corrected chi connectivity index (χ0v) is 8.79. The van der Waals surface area contributed by atoms with Crippen molar-refractivity contribution in [2.75, 3.05) is 6.61 Å². The number of halogens is 8. The van der Waals surface area contributed by atoms with Gasteiger partial charge in [0, 0.05) is 0 Å². The minimum absolute atomic E-state index is 0.895. The molecule has 1 fully saturated rings. The van der Waals surface area contributed by atoms with E-state index >= 15 is 0 Å². The second-order valence-electron chi connectivity index (χ2n) is 3.89. The molecule has 0 spiro atoms. The first-order valence-corrected chi connectivity index (χ1v) is 4.86. The first kappa shape index (κ1) is 14.0. The second kappa shape index (κ2) is 4.32. The van der Waals surface area contributed by atoms with Crippen LogP contribution < -0.4 is 0 Å². The molecule has 1 aliphatic rings. The van der Waals surface area contributed by atoms with Gasteiger partial charge in [-0.15, -0.1) is 0 Å². The molecule has 2 rings (SSSR count). The Morgan fingerprint density at radius 3 is 1.53 bits per heavy atom. The summed E-state index contributed by atoms with van der Waals surface area (Å²) in [5.41, 5.74) is -1.59. The molecule has 106 valence electrons. The van der Waals surface area contributed by atoms with Crippen molar-refractivity contribution in [2.24, 2.45) is 5.92 Å². The molecule has 2 atom stereocenters. The molecule has 1 nitrogen and oxygen atoms in total. The lowest BCUT2D eigenvalue weighted by atomic mass is 9.90. The Hall–Kier alpha value is -1.38. The maximum Gasteiger partial charge on any atom is 0.396 e. The van der Waals surface area contributed by atoms with Crippen molar-refractivity contribution in [3.05, 3.63) is 34.6 Å². The van der Waals surface area contributed by atoms with Crippen LogP contribution in [0.5, 0.6) is 0 Å². The predicted molar refractivity (Wildman–Crippen MR) is 44.5 cm³/mol. The van der Waals surface area contributed by atoms with E-state index in [0.29, 0.717) is 0 Å². The van der Waals surface area contributed by atoms with E-state index in [1.807, 2.05) is 0 Å². The van der Waals surface area contributed by atoms with Crippen LogP contribution >= 0.6 is 0 Å². The molecule has 9 heteroatoms. The lowest BCUT2D eigenvalue weighted by Crippen LogP contribution is -2.44. The zero-order chi connectivity index (χ0) is 14.5. The number of alkyl halides is 3. The fourth-order valence-corrected chi connectivity index (χ4v) is 1.71. The molecular formula is C10H4F8O. The molecular weight excluding hydrogens is 288 g/mol. The molecule has 1 aliphatic heterocycles. The SMILES string of the molecule is Fc1c(F)c(F)c(C2OCC2C(F)(F)F)c(F)c1F. The average Bonchev–Trinajstić information content (AvgIpc) is 2.25. The van der Waals surface area contributed by atoms with Crippen molar-refractivity contribution >= 4 is 0 Å². The van der Waals surface area contributed by atoms with Crippen molar-refractivity contribution in [2.45, 2.75) is 12.3 Å². The van der Waals surface area contributed by atoms with Crippen LogP contribution in [0.3, 0.4) is 0 Å². The Balaban J connectivity index is 2.53. The second-order valence-corrected chi connectivity index (χ2v) is 3.89. The fraction of sp³-hybridized carbons (Fsp3) is 0.400. The van der Waals surface area contributed by atoms with E-state index in [2.05, 4.69) is 4.74 Å². The molecule has 0 aliphatic carbocycles. The highest BCUT2D eigenvalue weighted by Gasteiger charge is 2.54. The minimum atomic E-state index is -4.86. The van der Waals surface area contributed by atoms with E-state index in [-0.39, 0.29) is 0 Å². The molecule has 1 heterocycles. The van der Waals surface area contributed by atoms with Crippen molar-refractivity contribution in [3.8, 4) is 0 Å². The minimum Gasteiger partial charge on any atom is -0.372 e. The average molecular weight is 292 g/mol. The van der Waals surface area contributed by atoms with Gasteiger partial charge in [0.25, 0.3) is 0 Å². The molecule has 2 unspecified atom stereocenters. The molecule has 0 N–H and O–H groups in total. The van der Waals surface area contributed by atoms with Gasteiger partial charge in [0.1, 0.15) is 12.0 Å². The van der Waals surface area contributed by atoms with Crippen LogP contribution in [0.15, 0.2) is 0 Å². The third-order valence-corrected chi connectivity index (χ3v) is 2.77. The number of ether oxygens (including phenoxy) is 1. The van der Waals surface area contributed by atoms with Crippen LogP contribution in [-0.4, -0.2) is 12.8 Å². The van der Waals surface area contributed by atoms with Gasteiger partial charge in [-0.3, -0.25) is 0 Å². The summed E-state index contributed by atoms with van der Waals surface area (Å²) in [5.74, 6) is -14.0. The van der Waals surface area contributed by atoms with E-state index in [0.717, 1.165) is 0 Å². The molecule has 0 amide bonds. The van der Waals surface area contributed by atoms with Crippen LogP contribution in [-0.2, 0) is 4.74 Å². The Kier molecular flexibility index (Phi) is 3.20. The molecule has 1 aromatic carbocycles. The summed E-state index contributed by atoms with van der Waals surface area (Å²) >= 11 is 0. The summed E-state index contributed by atoms with van der Waals surface area (Å²) in [7, 11) is 0. The maximum absolute atomic E-state index is 13.3. The summed E-state index contributed by atoms with van der Waals surface area (Å²) in [6.45, 7) is -0.895. The van der Waals surface area contributed by atoms with E-state index < -0.39 is 59.5 Å². The monoisotopic (exact) mass is 292 g/mol. The summed E-state index contributed by atoms with van der Waals surface area (Å²) < 4.78 is 106. The van der Waals surface area contributed by atoms with E-state index in [1.165, 1.54) is 0 Å². The first-order chi connectivity index (χ1) is 8.66. The lowest BCUT2D eigenvalue weighted by molar-refractivity contribution is -0.277. The molecule has 0 saturated carbocycles. The van der Waals surface area contributed by atoms with Crippen molar-refractivity contribution in [3.63, 3.8) is 0 Å². The number of rotatable bonds is 1. The third kappa shape index (κ3) is 2.05. The first-order valence-electron chi connectivity index (χ1n) is 4.86. The van der Waals surface area contributed by atoms with Crippen LogP contribution in [0.4, 0.5) is 35.1 Å². The third-order valence-electron chi connectivity index (χ3n) is 2.77. The topological polar surface area (TPSA) is 9.23 Å². The van der Waals surface area contributed by atoms with Gasteiger partial charge in [-0.2, -0.15) is 13.2 Å². The lowest BCUT2D eigenvalue weighted by Gasteiger charge is -2.38.